The summed E-state index contributed by atoms with van der Waals surface area (Å²) in [5.41, 5.74) is 0.653. The van der Waals surface area contributed by atoms with Gasteiger partial charge in [0.1, 0.15) is 5.82 Å². The lowest BCUT2D eigenvalue weighted by atomic mass is 10.0. The molecule has 1 fully saturated rings. The number of nitrogens with one attached hydrogen (secondary N) is 1. The Morgan fingerprint density at radius 2 is 2.06 bits per heavy atom. The van der Waals surface area contributed by atoms with Crippen LogP contribution in [0.5, 0.6) is 0 Å². The molecule has 1 heterocycles. The van der Waals surface area contributed by atoms with Gasteiger partial charge in [-0.1, -0.05) is 19.1 Å². The van der Waals surface area contributed by atoms with Crippen LogP contribution in [0.1, 0.15) is 20.8 Å². The Labute approximate surface area is 103 Å². The van der Waals surface area contributed by atoms with Crippen LogP contribution in [0, 0.1) is 11.7 Å². The molecule has 1 atom stereocenters. The quantitative estimate of drug-likeness (QED) is 0.806. The topological polar surface area (TPSA) is 15.3 Å². The molecule has 0 saturated carbocycles. The minimum Gasteiger partial charge on any atom is -0.362 e. The van der Waals surface area contributed by atoms with Crippen molar-refractivity contribution in [1.29, 1.82) is 0 Å². The van der Waals surface area contributed by atoms with Crippen molar-refractivity contribution < 1.29 is 4.39 Å². The number of anilines is 1. The zero-order valence-corrected chi connectivity index (χ0v) is 10.8. The van der Waals surface area contributed by atoms with Crippen LogP contribution in [0.25, 0.3) is 0 Å². The maximum atomic E-state index is 13.9. The van der Waals surface area contributed by atoms with Gasteiger partial charge in [0.25, 0.3) is 0 Å². The third-order valence-corrected chi connectivity index (χ3v) is 3.42. The van der Waals surface area contributed by atoms with Gasteiger partial charge < -0.3 is 10.2 Å². The summed E-state index contributed by atoms with van der Waals surface area (Å²) in [6.07, 6.45) is 0. The van der Waals surface area contributed by atoms with E-state index in [0.717, 1.165) is 19.6 Å². The van der Waals surface area contributed by atoms with E-state index in [0.29, 0.717) is 11.6 Å². The minimum absolute atomic E-state index is 0.0625. The van der Waals surface area contributed by atoms with Crippen molar-refractivity contribution in [1.82, 2.24) is 5.32 Å². The molecule has 1 saturated heterocycles. The standard InChI is InChI=1S/C14H21FN2/c1-11-8-16-10-14(2,3)17(9-11)13-7-5-4-6-12(13)15/h4-7,11,16H,8-10H2,1-3H3. The molecule has 0 aromatic heterocycles. The molecular formula is C14H21FN2. The summed E-state index contributed by atoms with van der Waals surface area (Å²) in [6.45, 7) is 9.28. The van der Waals surface area contributed by atoms with Crippen LogP contribution < -0.4 is 10.2 Å². The van der Waals surface area contributed by atoms with Crippen molar-refractivity contribution in [2.24, 2.45) is 5.92 Å². The summed E-state index contributed by atoms with van der Waals surface area (Å²) < 4.78 is 13.9. The van der Waals surface area contributed by atoms with E-state index in [2.05, 4.69) is 31.0 Å². The maximum absolute atomic E-state index is 13.9. The molecule has 17 heavy (non-hydrogen) atoms. The molecule has 0 bridgehead atoms. The smallest absolute Gasteiger partial charge is 0.146 e. The molecule has 1 aromatic carbocycles. The molecule has 1 aliphatic heterocycles. The summed E-state index contributed by atoms with van der Waals surface area (Å²) in [5, 5.41) is 3.44. The Morgan fingerprint density at radius 1 is 1.35 bits per heavy atom. The van der Waals surface area contributed by atoms with Gasteiger partial charge in [-0.3, -0.25) is 0 Å². The first-order chi connectivity index (χ1) is 8.00. The molecule has 0 radical (unpaired) electrons. The van der Waals surface area contributed by atoms with E-state index in [1.165, 1.54) is 6.07 Å². The molecule has 1 N–H and O–H groups in total. The third kappa shape index (κ3) is 2.60. The van der Waals surface area contributed by atoms with E-state index in [1.807, 2.05) is 12.1 Å². The van der Waals surface area contributed by atoms with Gasteiger partial charge in [0.2, 0.25) is 0 Å². The predicted octanol–water partition coefficient (Wildman–Crippen LogP) is 2.65. The molecule has 0 aliphatic carbocycles. The van der Waals surface area contributed by atoms with Crippen molar-refractivity contribution in [3.8, 4) is 0 Å². The van der Waals surface area contributed by atoms with Crippen LogP contribution in [0.2, 0.25) is 0 Å². The molecule has 1 aliphatic rings. The van der Waals surface area contributed by atoms with E-state index >= 15 is 0 Å². The summed E-state index contributed by atoms with van der Waals surface area (Å²) >= 11 is 0. The molecule has 94 valence electrons. The Bertz CT molecular complexity index is 390. The summed E-state index contributed by atoms with van der Waals surface area (Å²) in [7, 11) is 0. The monoisotopic (exact) mass is 236 g/mol. The predicted molar refractivity (Wildman–Crippen MR) is 69.9 cm³/mol. The molecule has 0 amide bonds. The summed E-state index contributed by atoms with van der Waals surface area (Å²) in [5.74, 6) is 0.394. The highest BCUT2D eigenvalue weighted by Crippen LogP contribution is 2.28. The van der Waals surface area contributed by atoms with E-state index in [4.69, 9.17) is 0 Å². The van der Waals surface area contributed by atoms with Gasteiger partial charge in [0.15, 0.2) is 0 Å². The van der Waals surface area contributed by atoms with Gasteiger partial charge >= 0.3 is 0 Å². The highest BCUT2D eigenvalue weighted by Gasteiger charge is 2.31. The Morgan fingerprint density at radius 3 is 2.76 bits per heavy atom. The lowest BCUT2D eigenvalue weighted by Gasteiger charge is -2.39. The van der Waals surface area contributed by atoms with E-state index in [-0.39, 0.29) is 11.4 Å². The zero-order chi connectivity index (χ0) is 12.5. The average molecular weight is 236 g/mol. The van der Waals surface area contributed by atoms with Crippen molar-refractivity contribution in [2.75, 3.05) is 24.5 Å². The lowest BCUT2D eigenvalue weighted by molar-refractivity contribution is 0.452. The van der Waals surface area contributed by atoms with E-state index < -0.39 is 0 Å². The number of benzene rings is 1. The lowest BCUT2D eigenvalue weighted by Crippen LogP contribution is -2.49. The number of nitrogens with zero attached hydrogens (tertiary/aromatic N) is 1. The largest absolute Gasteiger partial charge is 0.362 e. The molecule has 2 nitrogen and oxygen atoms in total. The fourth-order valence-corrected chi connectivity index (χ4v) is 2.44. The molecule has 3 heteroatoms. The Balaban J connectivity index is 2.36. The second-order valence-corrected chi connectivity index (χ2v) is 5.61. The van der Waals surface area contributed by atoms with Crippen molar-refractivity contribution in [3.05, 3.63) is 30.1 Å². The second-order valence-electron chi connectivity index (χ2n) is 5.61. The molecular weight excluding hydrogens is 215 g/mol. The third-order valence-electron chi connectivity index (χ3n) is 3.42. The van der Waals surface area contributed by atoms with Gasteiger partial charge in [-0.2, -0.15) is 0 Å². The van der Waals surface area contributed by atoms with Crippen LogP contribution in [-0.4, -0.2) is 25.2 Å². The fraction of sp³-hybridized carbons (Fsp3) is 0.571. The highest BCUT2D eigenvalue weighted by atomic mass is 19.1. The van der Waals surface area contributed by atoms with Crippen molar-refractivity contribution in [3.63, 3.8) is 0 Å². The van der Waals surface area contributed by atoms with Crippen LogP contribution in [-0.2, 0) is 0 Å². The molecule has 0 spiro atoms. The number of hydrogen-bond acceptors (Lipinski definition) is 2. The first-order valence-corrected chi connectivity index (χ1v) is 6.23. The van der Waals surface area contributed by atoms with Gasteiger partial charge in [-0.05, 0) is 38.4 Å². The van der Waals surface area contributed by atoms with Crippen molar-refractivity contribution >= 4 is 5.69 Å². The maximum Gasteiger partial charge on any atom is 0.146 e. The van der Waals surface area contributed by atoms with Gasteiger partial charge in [-0.15, -0.1) is 0 Å². The summed E-state index contributed by atoms with van der Waals surface area (Å²) in [6, 6.07) is 7.05. The van der Waals surface area contributed by atoms with Crippen LogP contribution >= 0.6 is 0 Å². The van der Waals surface area contributed by atoms with Crippen molar-refractivity contribution in [2.45, 2.75) is 26.3 Å². The average Bonchev–Trinajstić information content (AvgIpc) is 2.38. The summed E-state index contributed by atoms with van der Waals surface area (Å²) in [4.78, 5) is 2.19. The fourth-order valence-electron chi connectivity index (χ4n) is 2.44. The van der Waals surface area contributed by atoms with Crippen LogP contribution in [0.4, 0.5) is 10.1 Å². The van der Waals surface area contributed by atoms with Gasteiger partial charge in [0, 0.05) is 18.6 Å². The van der Waals surface area contributed by atoms with Crippen LogP contribution in [0.15, 0.2) is 24.3 Å². The van der Waals surface area contributed by atoms with Gasteiger partial charge in [-0.25, -0.2) is 4.39 Å². The van der Waals surface area contributed by atoms with E-state index in [1.54, 1.807) is 6.07 Å². The molecule has 2 rings (SSSR count). The Kier molecular flexibility index (Phi) is 3.38. The minimum atomic E-state index is -0.130. The highest BCUT2D eigenvalue weighted by molar-refractivity contribution is 5.50. The molecule has 1 aromatic rings. The first kappa shape index (κ1) is 12.4. The molecule has 1 unspecified atom stereocenters. The first-order valence-electron chi connectivity index (χ1n) is 6.23. The number of para-hydroxylation sites is 1. The number of rotatable bonds is 1. The number of hydrogen-bond donors (Lipinski definition) is 1. The number of halogens is 1. The SMILES string of the molecule is CC1CNCC(C)(C)N(c2ccccc2F)C1. The zero-order valence-electron chi connectivity index (χ0n) is 10.8. The second kappa shape index (κ2) is 4.65. The van der Waals surface area contributed by atoms with E-state index in [9.17, 15) is 4.39 Å². The normalized spacial score (nSPS) is 24.5. The Hall–Kier alpha value is -1.09. The van der Waals surface area contributed by atoms with Gasteiger partial charge in [0.05, 0.1) is 5.69 Å². The van der Waals surface area contributed by atoms with Crippen LogP contribution in [0.3, 0.4) is 0 Å².